The lowest BCUT2D eigenvalue weighted by molar-refractivity contribution is 0.147. The molecule has 0 spiro atoms. The molecule has 3 N–H and O–H groups in total. The molecule has 2 rings (SSSR count). The van der Waals surface area contributed by atoms with Crippen molar-refractivity contribution in [2.45, 2.75) is 31.9 Å². The fraction of sp³-hybridized carbons (Fsp3) is 0.294. The zero-order valence-corrected chi connectivity index (χ0v) is 12.5. The Hall–Kier alpha value is -1.35. The predicted octanol–water partition coefficient (Wildman–Crippen LogP) is 4.20. The molecule has 0 radical (unpaired) electrons. The normalized spacial score (nSPS) is 14.3. The van der Waals surface area contributed by atoms with Crippen LogP contribution >= 0.6 is 11.6 Å². The van der Waals surface area contributed by atoms with E-state index in [1.807, 2.05) is 24.3 Å². The number of rotatable bonds is 4. The van der Waals surface area contributed by atoms with Gasteiger partial charge in [-0.15, -0.1) is 0 Å². The molecule has 0 heterocycles. The van der Waals surface area contributed by atoms with E-state index in [2.05, 4.69) is 26.0 Å². The molecule has 0 fully saturated rings. The first kappa shape index (κ1) is 15.0. The third-order valence-corrected chi connectivity index (χ3v) is 3.75. The monoisotopic (exact) mass is 289 g/mol. The van der Waals surface area contributed by atoms with Crippen molar-refractivity contribution < 1.29 is 5.11 Å². The van der Waals surface area contributed by atoms with Gasteiger partial charge in [-0.1, -0.05) is 61.8 Å². The molecule has 106 valence electrons. The quantitative estimate of drug-likeness (QED) is 0.886. The second kappa shape index (κ2) is 6.40. The molecule has 2 aromatic carbocycles. The summed E-state index contributed by atoms with van der Waals surface area (Å²) in [5.41, 5.74) is 9.07. The summed E-state index contributed by atoms with van der Waals surface area (Å²) in [5.74, 6) is 0.484. The lowest BCUT2D eigenvalue weighted by Crippen LogP contribution is -2.19. The van der Waals surface area contributed by atoms with Gasteiger partial charge in [0.1, 0.15) is 0 Å². The highest BCUT2D eigenvalue weighted by Gasteiger charge is 2.19. The van der Waals surface area contributed by atoms with Crippen LogP contribution in [0.1, 0.15) is 48.6 Å². The Labute approximate surface area is 125 Å². The Morgan fingerprint density at radius 1 is 0.950 bits per heavy atom. The Bertz CT molecular complexity index is 565. The molecule has 2 atom stereocenters. The molecule has 0 aliphatic heterocycles. The summed E-state index contributed by atoms with van der Waals surface area (Å²) in [6, 6.07) is 14.8. The van der Waals surface area contributed by atoms with Crippen LogP contribution in [-0.4, -0.2) is 5.11 Å². The number of hydrogen-bond acceptors (Lipinski definition) is 2. The second-order valence-electron chi connectivity index (χ2n) is 5.35. The van der Waals surface area contributed by atoms with Gasteiger partial charge >= 0.3 is 0 Å². The van der Waals surface area contributed by atoms with Crippen molar-refractivity contribution in [3.05, 3.63) is 70.2 Å². The highest BCUT2D eigenvalue weighted by Crippen LogP contribution is 2.29. The van der Waals surface area contributed by atoms with Crippen LogP contribution in [0.2, 0.25) is 5.02 Å². The van der Waals surface area contributed by atoms with E-state index in [1.165, 1.54) is 5.56 Å². The van der Waals surface area contributed by atoms with Crippen molar-refractivity contribution in [1.29, 1.82) is 0 Å². The lowest BCUT2D eigenvalue weighted by Gasteiger charge is -2.20. The lowest BCUT2D eigenvalue weighted by atomic mass is 9.94. The molecular formula is C17H20ClNO. The Morgan fingerprint density at radius 3 is 2.10 bits per heavy atom. The SMILES string of the molecule is CC(C)c1ccc([C@@H](N)[C@H](O)c2cccc(Cl)c2)cc1. The van der Waals surface area contributed by atoms with Crippen molar-refractivity contribution in [3.63, 3.8) is 0 Å². The van der Waals surface area contributed by atoms with E-state index in [0.29, 0.717) is 10.9 Å². The largest absolute Gasteiger partial charge is 0.386 e. The van der Waals surface area contributed by atoms with Gasteiger partial charge in [0.2, 0.25) is 0 Å². The van der Waals surface area contributed by atoms with Crippen molar-refractivity contribution in [1.82, 2.24) is 0 Å². The standard InChI is InChI=1S/C17H20ClNO/c1-11(2)12-6-8-13(9-7-12)16(19)17(20)14-4-3-5-15(18)10-14/h3-11,16-17,20H,19H2,1-2H3/t16-,17-/m1/s1. The van der Waals surface area contributed by atoms with E-state index in [9.17, 15) is 5.11 Å². The van der Waals surface area contributed by atoms with Gasteiger partial charge in [-0.05, 0) is 34.7 Å². The van der Waals surface area contributed by atoms with Gasteiger partial charge in [0.05, 0.1) is 12.1 Å². The van der Waals surface area contributed by atoms with Gasteiger partial charge in [-0.3, -0.25) is 0 Å². The summed E-state index contributed by atoms with van der Waals surface area (Å²) in [7, 11) is 0. The van der Waals surface area contributed by atoms with E-state index in [-0.39, 0.29) is 0 Å². The topological polar surface area (TPSA) is 46.2 Å². The number of halogens is 1. The minimum atomic E-state index is -0.765. The number of aliphatic hydroxyl groups excluding tert-OH is 1. The maximum atomic E-state index is 10.4. The van der Waals surface area contributed by atoms with Gasteiger partial charge in [-0.25, -0.2) is 0 Å². The molecule has 2 aromatic rings. The minimum Gasteiger partial charge on any atom is -0.386 e. The molecule has 0 aromatic heterocycles. The molecule has 2 nitrogen and oxygen atoms in total. The number of benzene rings is 2. The Balaban J connectivity index is 2.20. The highest BCUT2D eigenvalue weighted by molar-refractivity contribution is 6.30. The summed E-state index contributed by atoms with van der Waals surface area (Å²) in [4.78, 5) is 0. The maximum Gasteiger partial charge on any atom is 0.0983 e. The average Bonchev–Trinajstić information content (AvgIpc) is 2.46. The summed E-state index contributed by atoms with van der Waals surface area (Å²) >= 11 is 5.94. The van der Waals surface area contributed by atoms with Crippen molar-refractivity contribution in [2.24, 2.45) is 5.73 Å². The predicted molar refractivity (Wildman–Crippen MR) is 83.9 cm³/mol. The summed E-state index contributed by atoms with van der Waals surface area (Å²) in [6.45, 7) is 4.30. The molecule has 0 unspecified atom stereocenters. The number of hydrogen-bond donors (Lipinski definition) is 2. The fourth-order valence-electron chi connectivity index (χ4n) is 2.18. The van der Waals surface area contributed by atoms with Gasteiger partial charge in [0.15, 0.2) is 0 Å². The average molecular weight is 290 g/mol. The van der Waals surface area contributed by atoms with Crippen LogP contribution in [0.3, 0.4) is 0 Å². The zero-order chi connectivity index (χ0) is 14.7. The van der Waals surface area contributed by atoms with Crippen molar-refractivity contribution >= 4 is 11.6 Å². The summed E-state index contributed by atoms with van der Waals surface area (Å²) < 4.78 is 0. The molecule has 0 bridgehead atoms. The first-order valence-corrected chi connectivity index (χ1v) is 7.16. The zero-order valence-electron chi connectivity index (χ0n) is 11.8. The van der Waals surface area contributed by atoms with Gasteiger partial charge in [0, 0.05) is 5.02 Å². The van der Waals surface area contributed by atoms with Crippen LogP contribution in [0, 0.1) is 0 Å². The molecule has 0 saturated heterocycles. The molecule has 0 aliphatic rings. The van der Waals surface area contributed by atoms with Crippen LogP contribution < -0.4 is 5.73 Å². The first-order chi connectivity index (χ1) is 9.49. The minimum absolute atomic E-state index is 0.463. The molecular weight excluding hydrogens is 270 g/mol. The van der Waals surface area contributed by atoms with E-state index < -0.39 is 12.1 Å². The fourth-order valence-corrected chi connectivity index (χ4v) is 2.38. The van der Waals surface area contributed by atoms with Gasteiger partial charge < -0.3 is 10.8 Å². The maximum absolute atomic E-state index is 10.4. The van der Waals surface area contributed by atoms with Crippen LogP contribution in [0.4, 0.5) is 0 Å². The van der Waals surface area contributed by atoms with Crippen LogP contribution in [-0.2, 0) is 0 Å². The number of nitrogens with two attached hydrogens (primary N) is 1. The van der Waals surface area contributed by atoms with Crippen LogP contribution in [0.5, 0.6) is 0 Å². The molecule has 3 heteroatoms. The van der Waals surface area contributed by atoms with E-state index in [4.69, 9.17) is 17.3 Å². The van der Waals surface area contributed by atoms with Crippen molar-refractivity contribution in [2.75, 3.05) is 0 Å². The second-order valence-corrected chi connectivity index (χ2v) is 5.78. The molecule has 20 heavy (non-hydrogen) atoms. The first-order valence-electron chi connectivity index (χ1n) is 6.78. The Kier molecular flexibility index (Phi) is 4.81. The van der Waals surface area contributed by atoms with Crippen LogP contribution in [0.15, 0.2) is 48.5 Å². The number of aliphatic hydroxyl groups is 1. The van der Waals surface area contributed by atoms with Gasteiger partial charge in [0.25, 0.3) is 0 Å². The van der Waals surface area contributed by atoms with Crippen molar-refractivity contribution in [3.8, 4) is 0 Å². The molecule has 0 saturated carbocycles. The molecule has 0 amide bonds. The van der Waals surface area contributed by atoms with E-state index in [1.54, 1.807) is 12.1 Å². The summed E-state index contributed by atoms with van der Waals surface area (Å²) in [6.07, 6.45) is -0.765. The van der Waals surface area contributed by atoms with Crippen LogP contribution in [0.25, 0.3) is 0 Å². The third kappa shape index (κ3) is 3.40. The smallest absolute Gasteiger partial charge is 0.0983 e. The Morgan fingerprint density at radius 2 is 1.55 bits per heavy atom. The van der Waals surface area contributed by atoms with E-state index >= 15 is 0 Å². The van der Waals surface area contributed by atoms with E-state index in [0.717, 1.165) is 11.1 Å². The third-order valence-electron chi connectivity index (χ3n) is 3.52. The molecule has 0 aliphatic carbocycles. The van der Waals surface area contributed by atoms with Gasteiger partial charge in [-0.2, -0.15) is 0 Å². The summed E-state index contributed by atoms with van der Waals surface area (Å²) in [5, 5.41) is 11.0. The highest BCUT2D eigenvalue weighted by atomic mass is 35.5.